The Bertz CT molecular complexity index is 594. The van der Waals surface area contributed by atoms with Gasteiger partial charge in [-0.3, -0.25) is 0 Å². The van der Waals surface area contributed by atoms with Crippen LogP contribution in [0.3, 0.4) is 0 Å². The Labute approximate surface area is 139 Å². The molecule has 122 valence electrons. The Hall–Kier alpha value is -1.68. The van der Waals surface area contributed by atoms with E-state index in [1.165, 1.54) is 0 Å². The standard InChI is InChI=1S/C20H26NO2/c1-16(21(2,3)4)19-15-22-20(23-19,17-11-7-5-8-12-17)18-13-9-6-10-14-18/h5-14,16,19H,15H2,1-4H3/q+1/t16-,19-/m1/s1. The lowest BCUT2D eigenvalue weighted by Crippen LogP contribution is -2.51. The van der Waals surface area contributed by atoms with Crippen molar-refractivity contribution >= 4 is 0 Å². The van der Waals surface area contributed by atoms with E-state index in [0.29, 0.717) is 12.6 Å². The van der Waals surface area contributed by atoms with E-state index in [4.69, 9.17) is 9.47 Å². The Morgan fingerprint density at radius 3 is 1.83 bits per heavy atom. The van der Waals surface area contributed by atoms with E-state index in [1.54, 1.807) is 0 Å². The van der Waals surface area contributed by atoms with Gasteiger partial charge in [0.05, 0.1) is 27.7 Å². The van der Waals surface area contributed by atoms with Crippen LogP contribution in [-0.2, 0) is 15.3 Å². The predicted octanol–water partition coefficient (Wildman–Crippen LogP) is 3.40. The molecule has 2 aromatic rings. The minimum Gasteiger partial charge on any atom is -0.339 e. The third-order valence-electron chi connectivity index (χ3n) is 4.84. The molecule has 0 saturated carbocycles. The van der Waals surface area contributed by atoms with E-state index in [1.807, 2.05) is 36.4 Å². The molecule has 3 nitrogen and oxygen atoms in total. The molecule has 0 bridgehead atoms. The van der Waals surface area contributed by atoms with Crippen molar-refractivity contribution < 1.29 is 14.0 Å². The molecule has 0 amide bonds. The minimum atomic E-state index is -0.809. The normalized spacial score (nSPS) is 22.0. The van der Waals surface area contributed by atoms with Crippen LogP contribution in [0.2, 0.25) is 0 Å². The maximum absolute atomic E-state index is 6.57. The summed E-state index contributed by atoms with van der Waals surface area (Å²) in [6.45, 7) is 2.82. The maximum Gasteiger partial charge on any atom is 0.223 e. The van der Waals surface area contributed by atoms with Gasteiger partial charge in [0.1, 0.15) is 12.1 Å². The minimum absolute atomic E-state index is 0.0513. The van der Waals surface area contributed by atoms with Gasteiger partial charge in [0.15, 0.2) is 0 Å². The molecule has 2 atom stereocenters. The van der Waals surface area contributed by atoms with E-state index in [9.17, 15) is 0 Å². The van der Waals surface area contributed by atoms with Crippen LogP contribution in [0.5, 0.6) is 0 Å². The van der Waals surface area contributed by atoms with E-state index in [0.717, 1.165) is 15.6 Å². The monoisotopic (exact) mass is 312 g/mol. The summed E-state index contributed by atoms with van der Waals surface area (Å²) in [7, 11) is 6.58. The van der Waals surface area contributed by atoms with Crippen molar-refractivity contribution in [3.8, 4) is 0 Å². The summed E-state index contributed by atoms with van der Waals surface area (Å²) in [5.41, 5.74) is 2.09. The van der Waals surface area contributed by atoms with Crippen molar-refractivity contribution in [1.29, 1.82) is 0 Å². The molecule has 0 radical (unpaired) electrons. The highest BCUT2D eigenvalue weighted by molar-refractivity contribution is 5.34. The van der Waals surface area contributed by atoms with Crippen LogP contribution in [0, 0.1) is 0 Å². The average molecular weight is 312 g/mol. The Morgan fingerprint density at radius 1 is 0.913 bits per heavy atom. The first-order valence-electron chi connectivity index (χ1n) is 8.17. The third-order valence-corrected chi connectivity index (χ3v) is 4.84. The van der Waals surface area contributed by atoms with Crippen LogP contribution in [0.25, 0.3) is 0 Å². The average Bonchev–Trinajstić information content (AvgIpc) is 3.01. The van der Waals surface area contributed by atoms with E-state index >= 15 is 0 Å². The number of benzene rings is 2. The topological polar surface area (TPSA) is 18.5 Å². The quantitative estimate of drug-likeness (QED) is 0.806. The zero-order valence-electron chi connectivity index (χ0n) is 14.4. The summed E-state index contributed by atoms with van der Waals surface area (Å²) in [5, 5.41) is 0. The number of nitrogens with zero attached hydrogens (tertiary/aromatic N) is 1. The van der Waals surface area contributed by atoms with Crippen LogP contribution in [0.15, 0.2) is 60.7 Å². The van der Waals surface area contributed by atoms with Crippen molar-refractivity contribution in [2.45, 2.75) is 24.9 Å². The summed E-state index contributed by atoms with van der Waals surface area (Å²) in [6, 6.07) is 20.8. The molecule has 0 unspecified atom stereocenters. The van der Waals surface area contributed by atoms with Gasteiger partial charge in [-0.05, 0) is 6.92 Å². The molecule has 0 aliphatic carbocycles. The first-order valence-corrected chi connectivity index (χ1v) is 8.17. The molecular weight excluding hydrogens is 286 g/mol. The molecule has 1 fully saturated rings. The van der Waals surface area contributed by atoms with Crippen LogP contribution < -0.4 is 0 Å². The summed E-state index contributed by atoms with van der Waals surface area (Å²) in [5.74, 6) is -0.809. The summed E-state index contributed by atoms with van der Waals surface area (Å²) in [6.07, 6.45) is 0.0513. The number of quaternary nitrogens is 1. The fraction of sp³-hybridized carbons (Fsp3) is 0.400. The van der Waals surface area contributed by atoms with Gasteiger partial charge in [-0.25, -0.2) is 0 Å². The Morgan fingerprint density at radius 2 is 1.39 bits per heavy atom. The highest BCUT2D eigenvalue weighted by atomic mass is 16.7. The lowest BCUT2D eigenvalue weighted by Gasteiger charge is -2.36. The molecule has 1 aliphatic heterocycles. The fourth-order valence-electron chi connectivity index (χ4n) is 3.00. The first-order chi connectivity index (χ1) is 10.9. The van der Waals surface area contributed by atoms with Gasteiger partial charge in [-0.2, -0.15) is 0 Å². The largest absolute Gasteiger partial charge is 0.339 e. The SMILES string of the molecule is C[C@H]([C@H]1COC(c2ccccc2)(c2ccccc2)O1)[N+](C)(C)C. The zero-order valence-corrected chi connectivity index (χ0v) is 14.4. The van der Waals surface area contributed by atoms with E-state index < -0.39 is 5.79 Å². The summed E-state index contributed by atoms with van der Waals surface area (Å²) in [4.78, 5) is 0. The highest BCUT2D eigenvalue weighted by Crippen LogP contribution is 2.41. The number of ether oxygens (including phenoxy) is 2. The number of likely N-dealkylation sites (N-methyl/N-ethyl adjacent to an activating group) is 1. The molecule has 1 aliphatic rings. The summed E-state index contributed by atoms with van der Waals surface area (Å²) >= 11 is 0. The lowest BCUT2D eigenvalue weighted by molar-refractivity contribution is -0.897. The zero-order chi connectivity index (χ0) is 16.5. The van der Waals surface area contributed by atoms with E-state index in [-0.39, 0.29) is 6.10 Å². The van der Waals surface area contributed by atoms with Gasteiger partial charge in [0.2, 0.25) is 5.79 Å². The molecule has 23 heavy (non-hydrogen) atoms. The van der Waals surface area contributed by atoms with Gasteiger partial charge in [0, 0.05) is 11.1 Å². The molecule has 2 aromatic carbocycles. The van der Waals surface area contributed by atoms with Gasteiger partial charge in [-0.15, -0.1) is 0 Å². The van der Waals surface area contributed by atoms with Crippen molar-refractivity contribution in [2.75, 3.05) is 27.7 Å². The Kier molecular flexibility index (Phi) is 4.28. The third kappa shape index (κ3) is 3.05. The second-order valence-electron chi connectivity index (χ2n) is 7.17. The highest BCUT2D eigenvalue weighted by Gasteiger charge is 2.48. The second kappa shape index (κ2) is 6.08. The number of rotatable bonds is 4. The second-order valence-corrected chi connectivity index (χ2v) is 7.17. The van der Waals surface area contributed by atoms with Crippen molar-refractivity contribution in [2.24, 2.45) is 0 Å². The van der Waals surface area contributed by atoms with Crippen LogP contribution in [-0.4, -0.2) is 44.4 Å². The van der Waals surface area contributed by atoms with Crippen LogP contribution in [0.4, 0.5) is 0 Å². The molecule has 0 N–H and O–H groups in total. The van der Waals surface area contributed by atoms with Gasteiger partial charge >= 0.3 is 0 Å². The van der Waals surface area contributed by atoms with E-state index in [2.05, 4.69) is 52.3 Å². The number of hydrogen-bond donors (Lipinski definition) is 0. The smallest absolute Gasteiger partial charge is 0.223 e. The first kappa shape index (κ1) is 16.2. The van der Waals surface area contributed by atoms with Gasteiger partial charge < -0.3 is 14.0 Å². The molecule has 0 spiro atoms. The van der Waals surface area contributed by atoms with Crippen molar-refractivity contribution in [3.05, 3.63) is 71.8 Å². The number of hydrogen-bond acceptors (Lipinski definition) is 2. The lowest BCUT2D eigenvalue weighted by atomic mass is 9.97. The maximum atomic E-state index is 6.57. The predicted molar refractivity (Wildman–Crippen MR) is 92.0 cm³/mol. The van der Waals surface area contributed by atoms with Crippen LogP contribution >= 0.6 is 0 Å². The van der Waals surface area contributed by atoms with Gasteiger partial charge in [0.25, 0.3) is 0 Å². The molecule has 0 aromatic heterocycles. The fourth-order valence-corrected chi connectivity index (χ4v) is 3.00. The molecule has 1 heterocycles. The van der Waals surface area contributed by atoms with Crippen LogP contribution in [0.1, 0.15) is 18.1 Å². The van der Waals surface area contributed by atoms with Crippen molar-refractivity contribution in [1.82, 2.24) is 0 Å². The van der Waals surface area contributed by atoms with Gasteiger partial charge in [-0.1, -0.05) is 60.7 Å². The molecule has 3 heteroatoms. The molecule has 3 rings (SSSR count). The Balaban J connectivity index is 2.00. The molecule has 1 saturated heterocycles. The molecular formula is C20H26NO2+. The summed E-state index contributed by atoms with van der Waals surface area (Å²) < 4.78 is 13.7. The van der Waals surface area contributed by atoms with Crippen molar-refractivity contribution in [3.63, 3.8) is 0 Å².